The van der Waals surface area contributed by atoms with E-state index in [-0.39, 0.29) is 0 Å². The van der Waals surface area contributed by atoms with Gasteiger partial charge in [-0.1, -0.05) is 58.1 Å². The second kappa shape index (κ2) is 9.99. The van der Waals surface area contributed by atoms with Crippen LogP contribution in [-0.4, -0.2) is 16.5 Å². The molecule has 0 bridgehead atoms. The van der Waals surface area contributed by atoms with Crippen LogP contribution >= 0.6 is 11.6 Å². The molecule has 1 aromatic heterocycles. The van der Waals surface area contributed by atoms with E-state index in [9.17, 15) is 0 Å². The van der Waals surface area contributed by atoms with Gasteiger partial charge in [0.05, 0.1) is 0 Å². The van der Waals surface area contributed by atoms with Gasteiger partial charge < -0.3 is 5.32 Å². The number of unbranched alkanes of at least 4 members (excludes halogenated alkanes) is 3. The monoisotopic (exact) mass is 311 g/mol. The molecule has 1 rings (SSSR count). The van der Waals surface area contributed by atoms with Crippen LogP contribution in [0.5, 0.6) is 0 Å². The first-order chi connectivity index (χ1) is 10.0. The summed E-state index contributed by atoms with van der Waals surface area (Å²) in [4.78, 5) is 8.90. The van der Waals surface area contributed by atoms with Crippen molar-refractivity contribution >= 4 is 17.4 Å². The van der Waals surface area contributed by atoms with Gasteiger partial charge in [0, 0.05) is 18.5 Å². The highest BCUT2D eigenvalue weighted by Crippen LogP contribution is 2.20. The number of rotatable bonds is 10. The maximum atomic E-state index is 6.17. The molecule has 1 N–H and O–H groups in total. The molecular weight excluding hydrogens is 282 g/mol. The van der Waals surface area contributed by atoms with E-state index in [2.05, 4.69) is 36.1 Å². The minimum Gasteiger partial charge on any atom is -0.370 e. The quantitative estimate of drug-likeness (QED) is 0.464. The van der Waals surface area contributed by atoms with Gasteiger partial charge in [0.2, 0.25) is 0 Å². The zero-order valence-electron chi connectivity index (χ0n) is 14.0. The van der Waals surface area contributed by atoms with E-state index in [1.807, 2.05) is 6.92 Å². The lowest BCUT2D eigenvalue weighted by Gasteiger charge is -2.11. The zero-order chi connectivity index (χ0) is 15.7. The molecule has 0 amide bonds. The second-order valence-electron chi connectivity index (χ2n) is 6.18. The van der Waals surface area contributed by atoms with Crippen molar-refractivity contribution in [3.8, 4) is 0 Å². The van der Waals surface area contributed by atoms with Gasteiger partial charge >= 0.3 is 0 Å². The summed E-state index contributed by atoms with van der Waals surface area (Å²) >= 11 is 6.17. The number of aryl methyl sites for hydroxylation is 1. The van der Waals surface area contributed by atoms with Crippen LogP contribution in [0.25, 0.3) is 0 Å². The Labute approximate surface area is 134 Å². The van der Waals surface area contributed by atoms with Crippen LogP contribution < -0.4 is 5.32 Å². The van der Waals surface area contributed by atoms with E-state index in [0.717, 1.165) is 42.5 Å². The number of nitrogens with one attached hydrogen (secondary N) is 1. The normalized spacial score (nSPS) is 11.1. The van der Waals surface area contributed by atoms with Crippen LogP contribution in [0.4, 0.5) is 5.82 Å². The summed E-state index contributed by atoms with van der Waals surface area (Å²) in [6.07, 6.45) is 8.38. The van der Waals surface area contributed by atoms with Gasteiger partial charge in [0.1, 0.15) is 16.8 Å². The summed E-state index contributed by atoms with van der Waals surface area (Å²) < 4.78 is 0. The fourth-order valence-corrected chi connectivity index (χ4v) is 2.47. The van der Waals surface area contributed by atoms with Gasteiger partial charge in [0.25, 0.3) is 0 Å². The van der Waals surface area contributed by atoms with E-state index >= 15 is 0 Å². The van der Waals surface area contributed by atoms with Crippen LogP contribution in [-0.2, 0) is 6.42 Å². The van der Waals surface area contributed by atoms with Crippen molar-refractivity contribution < 1.29 is 0 Å². The molecule has 0 atom stereocenters. The first-order valence-corrected chi connectivity index (χ1v) is 8.69. The largest absolute Gasteiger partial charge is 0.370 e. The first kappa shape index (κ1) is 18.2. The Morgan fingerprint density at radius 1 is 1.10 bits per heavy atom. The third-order valence-electron chi connectivity index (χ3n) is 3.61. The van der Waals surface area contributed by atoms with Crippen molar-refractivity contribution in [3.05, 3.63) is 16.5 Å². The number of hydrogen-bond acceptors (Lipinski definition) is 3. The Morgan fingerprint density at radius 3 is 2.48 bits per heavy atom. The average molecular weight is 312 g/mol. The average Bonchev–Trinajstić information content (AvgIpc) is 2.42. The van der Waals surface area contributed by atoms with Gasteiger partial charge in [-0.05, 0) is 25.7 Å². The summed E-state index contributed by atoms with van der Waals surface area (Å²) in [6.45, 7) is 9.64. The van der Waals surface area contributed by atoms with E-state index in [1.165, 1.54) is 32.1 Å². The van der Waals surface area contributed by atoms with Crippen molar-refractivity contribution in [2.75, 3.05) is 11.9 Å². The summed E-state index contributed by atoms with van der Waals surface area (Å²) in [5, 5.41) is 3.99. The minimum atomic E-state index is 0.577. The maximum Gasteiger partial charge on any atom is 0.137 e. The Hall–Kier alpha value is -0.830. The lowest BCUT2D eigenvalue weighted by molar-refractivity contribution is 0.523. The lowest BCUT2D eigenvalue weighted by Crippen LogP contribution is -2.08. The molecular formula is C17H30ClN3. The molecule has 0 saturated heterocycles. The molecule has 3 nitrogen and oxygen atoms in total. The number of anilines is 1. The third kappa shape index (κ3) is 7.12. The molecule has 0 aliphatic rings. The second-order valence-corrected chi connectivity index (χ2v) is 6.54. The van der Waals surface area contributed by atoms with E-state index < -0.39 is 0 Å². The molecule has 0 aromatic carbocycles. The van der Waals surface area contributed by atoms with E-state index in [0.29, 0.717) is 5.15 Å². The third-order valence-corrected chi connectivity index (χ3v) is 3.98. The number of hydrogen-bond donors (Lipinski definition) is 1. The molecule has 1 aromatic rings. The van der Waals surface area contributed by atoms with Gasteiger partial charge in [0.15, 0.2) is 0 Å². The Kier molecular flexibility index (Phi) is 8.67. The molecule has 4 heteroatoms. The fourth-order valence-electron chi connectivity index (χ4n) is 2.28. The molecule has 1 heterocycles. The standard InChI is InChI=1S/C17H30ClN3/c1-5-10-15-20-16(18)14(4)17(21-15)19-12-9-7-6-8-11-13(2)3/h13H,5-12H2,1-4H3,(H,19,20,21). The lowest BCUT2D eigenvalue weighted by atomic mass is 10.0. The summed E-state index contributed by atoms with van der Waals surface area (Å²) in [5.74, 6) is 2.57. The molecule has 120 valence electrons. The maximum absolute atomic E-state index is 6.17. The predicted octanol–water partition coefficient (Wildman–Crippen LogP) is 5.41. The van der Waals surface area contributed by atoms with Gasteiger partial charge in [-0.25, -0.2) is 9.97 Å². The molecule has 0 fully saturated rings. The van der Waals surface area contributed by atoms with Crippen LogP contribution in [0.2, 0.25) is 5.15 Å². The Morgan fingerprint density at radius 2 is 1.81 bits per heavy atom. The van der Waals surface area contributed by atoms with Crippen molar-refractivity contribution in [3.63, 3.8) is 0 Å². The highest BCUT2D eigenvalue weighted by Gasteiger charge is 2.08. The number of aromatic nitrogens is 2. The number of halogens is 1. The molecule has 0 radical (unpaired) electrons. The Bertz CT molecular complexity index is 419. The summed E-state index contributed by atoms with van der Waals surface area (Å²) in [7, 11) is 0. The van der Waals surface area contributed by atoms with E-state index in [4.69, 9.17) is 11.6 Å². The molecule has 21 heavy (non-hydrogen) atoms. The molecule has 0 saturated carbocycles. The summed E-state index contributed by atoms with van der Waals surface area (Å²) in [6, 6.07) is 0. The minimum absolute atomic E-state index is 0.577. The predicted molar refractivity (Wildman–Crippen MR) is 92.2 cm³/mol. The van der Waals surface area contributed by atoms with Crippen molar-refractivity contribution in [2.24, 2.45) is 5.92 Å². The summed E-state index contributed by atoms with van der Waals surface area (Å²) in [5.41, 5.74) is 0.955. The SMILES string of the molecule is CCCc1nc(Cl)c(C)c(NCCCCCCC(C)C)n1. The zero-order valence-corrected chi connectivity index (χ0v) is 14.8. The molecule has 0 spiro atoms. The van der Waals surface area contributed by atoms with Crippen LogP contribution in [0.15, 0.2) is 0 Å². The van der Waals surface area contributed by atoms with Crippen LogP contribution in [0.3, 0.4) is 0 Å². The highest BCUT2D eigenvalue weighted by molar-refractivity contribution is 6.30. The van der Waals surface area contributed by atoms with Crippen molar-refractivity contribution in [1.82, 2.24) is 9.97 Å². The van der Waals surface area contributed by atoms with Gasteiger partial charge in [-0.2, -0.15) is 0 Å². The fraction of sp³-hybridized carbons (Fsp3) is 0.765. The van der Waals surface area contributed by atoms with Crippen LogP contribution in [0, 0.1) is 12.8 Å². The highest BCUT2D eigenvalue weighted by atomic mass is 35.5. The Balaban J connectivity index is 2.34. The van der Waals surface area contributed by atoms with E-state index in [1.54, 1.807) is 0 Å². The molecule has 0 aliphatic carbocycles. The van der Waals surface area contributed by atoms with Gasteiger partial charge in [-0.15, -0.1) is 0 Å². The van der Waals surface area contributed by atoms with Gasteiger partial charge in [-0.3, -0.25) is 0 Å². The molecule has 0 aliphatic heterocycles. The smallest absolute Gasteiger partial charge is 0.137 e. The van der Waals surface area contributed by atoms with Crippen molar-refractivity contribution in [2.45, 2.75) is 72.6 Å². The van der Waals surface area contributed by atoms with Crippen LogP contribution in [0.1, 0.15) is 70.7 Å². The first-order valence-electron chi connectivity index (χ1n) is 8.31. The number of nitrogens with zero attached hydrogens (tertiary/aromatic N) is 2. The molecule has 0 unspecified atom stereocenters. The topological polar surface area (TPSA) is 37.8 Å². The van der Waals surface area contributed by atoms with Crippen molar-refractivity contribution in [1.29, 1.82) is 0 Å².